The van der Waals surface area contributed by atoms with Gasteiger partial charge >= 0.3 is 0 Å². The number of halogens is 1. The summed E-state index contributed by atoms with van der Waals surface area (Å²) in [6.45, 7) is 4.23. The van der Waals surface area contributed by atoms with Crippen LogP contribution in [0.1, 0.15) is 25.3 Å². The summed E-state index contributed by atoms with van der Waals surface area (Å²) in [5, 5.41) is 2.89. The van der Waals surface area contributed by atoms with E-state index in [2.05, 4.69) is 34.6 Å². The van der Waals surface area contributed by atoms with Gasteiger partial charge in [-0.3, -0.25) is 5.43 Å². The third-order valence-electron chi connectivity index (χ3n) is 2.71. The molecule has 0 aliphatic heterocycles. The Bertz CT molecular complexity index is 553. The lowest BCUT2D eigenvalue weighted by Crippen LogP contribution is -2.12. The molecule has 2 aromatic rings. The van der Waals surface area contributed by atoms with E-state index in [0.29, 0.717) is 5.92 Å². The molecule has 0 bridgehead atoms. The van der Waals surface area contributed by atoms with Gasteiger partial charge < -0.3 is 5.32 Å². The number of rotatable bonds is 4. The second-order valence-electron chi connectivity index (χ2n) is 4.44. The molecule has 6 heteroatoms. The number of aromatic nitrogens is 2. The molecule has 1 aromatic carbocycles. The molecule has 4 N–H and O–H groups in total. The molecule has 19 heavy (non-hydrogen) atoms. The molecule has 1 aromatic heterocycles. The number of benzene rings is 1. The van der Waals surface area contributed by atoms with Crippen LogP contribution in [0.2, 0.25) is 0 Å². The van der Waals surface area contributed by atoms with E-state index in [9.17, 15) is 4.39 Å². The van der Waals surface area contributed by atoms with Crippen LogP contribution in [0.5, 0.6) is 0 Å². The van der Waals surface area contributed by atoms with E-state index in [1.165, 1.54) is 5.56 Å². The average molecular weight is 261 g/mol. The average Bonchev–Trinajstić information content (AvgIpc) is 2.42. The van der Waals surface area contributed by atoms with Crippen LogP contribution < -0.4 is 16.6 Å². The van der Waals surface area contributed by atoms with Gasteiger partial charge in [-0.2, -0.15) is 4.98 Å². The molecule has 0 aliphatic rings. The van der Waals surface area contributed by atoms with Gasteiger partial charge in [-0.25, -0.2) is 15.2 Å². The Kier molecular flexibility index (Phi) is 3.91. The normalized spacial score (nSPS) is 10.6. The van der Waals surface area contributed by atoms with Crippen LogP contribution >= 0.6 is 0 Å². The predicted molar refractivity (Wildman–Crippen MR) is 73.6 cm³/mol. The maximum Gasteiger partial charge on any atom is 0.239 e. The summed E-state index contributed by atoms with van der Waals surface area (Å²) >= 11 is 0. The Balaban J connectivity index is 2.20. The minimum atomic E-state index is -0.535. The Hall–Kier alpha value is -2.21. The van der Waals surface area contributed by atoms with Crippen molar-refractivity contribution in [2.24, 2.45) is 5.84 Å². The van der Waals surface area contributed by atoms with E-state index >= 15 is 0 Å². The van der Waals surface area contributed by atoms with E-state index in [-0.39, 0.29) is 11.8 Å². The summed E-state index contributed by atoms with van der Waals surface area (Å²) < 4.78 is 13.5. The van der Waals surface area contributed by atoms with E-state index in [1.807, 2.05) is 24.3 Å². The highest BCUT2D eigenvalue weighted by atomic mass is 19.1. The van der Waals surface area contributed by atoms with Gasteiger partial charge in [-0.05, 0) is 23.6 Å². The number of nitrogens with one attached hydrogen (secondary N) is 2. The van der Waals surface area contributed by atoms with Crippen LogP contribution in [0.3, 0.4) is 0 Å². The van der Waals surface area contributed by atoms with Gasteiger partial charge in [0.2, 0.25) is 5.95 Å². The van der Waals surface area contributed by atoms with Crippen molar-refractivity contribution < 1.29 is 4.39 Å². The standard InChI is InChI=1S/C13H16FN5/c1-8(2)9-3-5-10(6-4-9)17-12-11(14)7-16-13(18-12)19-15/h3-8H,15H2,1-2H3,(H2,16,17,18,19). The molecule has 5 nitrogen and oxygen atoms in total. The van der Waals surface area contributed by atoms with Gasteiger partial charge in [0.05, 0.1) is 6.20 Å². The highest BCUT2D eigenvalue weighted by Gasteiger charge is 2.07. The van der Waals surface area contributed by atoms with Crippen molar-refractivity contribution in [3.05, 3.63) is 41.8 Å². The lowest BCUT2D eigenvalue weighted by Gasteiger charge is -2.10. The summed E-state index contributed by atoms with van der Waals surface area (Å²) in [5.41, 5.74) is 4.25. The molecule has 0 amide bonds. The first kappa shape index (κ1) is 13.2. The number of nitrogens with two attached hydrogens (primary N) is 1. The van der Waals surface area contributed by atoms with E-state index in [0.717, 1.165) is 11.9 Å². The number of nitrogen functional groups attached to an aromatic ring is 1. The summed E-state index contributed by atoms with van der Waals surface area (Å²) in [4.78, 5) is 7.58. The third-order valence-corrected chi connectivity index (χ3v) is 2.71. The zero-order valence-electron chi connectivity index (χ0n) is 10.8. The van der Waals surface area contributed by atoms with Crippen molar-refractivity contribution in [1.82, 2.24) is 9.97 Å². The summed E-state index contributed by atoms with van der Waals surface area (Å²) in [7, 11) is 0. The number of hydrazine groups is 1. The van der Waals surface area contributed by atoms with Gasteiger partial charge in [0.1, 0.15) is 0 Å². The van der Waals surface area contributed by atoms with Crippen molar-refractivity contribution in [3.8, 4) is 0 Å². The predicted octanol–water partition coefficient (Wildman–Crippen LogP) is 2.77. The van der Waals surface area contributed by atoms with Crippen LogP contribution in [-0.4, -0.2) is 9.97 Å². The third kappa shape index (κ3) is 3.17. The second-order valence-corrected chi connectivity index (χ2v) is 4.44. The highest BCUT2D eigenvalue weighted by Crippen LogP contribution is 2.21. The minimum absolute atomic E-state index is 0.0836. The minimum Gasteiger partial charge on any atom is -0.338 e. The quantitative estimate of drug-likeness (QED) is 0.583. The molecule has 0 saturated carbocycles. The van der Waals surface area contributed by atoms with Gasteiger partial charge in [0.25, 0.3) is 0 Å². The Morgan fingerprint density at radius 3 is 2.47 bits per heavy atom. The molecule has 0 aliphatic carbocycles. The van der Waals surface area contributed by atoms with E-state index in [4.69, 9.17) is 5.84 Å². The first-order valence-electron chi connectivity index (χ1n) is 5.96. The van der Waals surface area contributed by atoms with Gasteiger partial charge in [-0.15, -0.1) is 0 Å². The molecule has 2 rings (SSSR count). The second kappa shape index (κ2) is 5.62. The van der Waals surface area contributed by atoms with Crippen molar-refractivity contribution in [2.45, 2.75) is 19.8 Å². The first-order valence-corrected chi connectivity index (χ1v) is 5.96. The fourth-order valence-electron chi connectivity index (χ4n) is 1.61. The Morgan fingerprint density at radius 1 is 1.21 bits per heavy atom. The van der Waals surface area contributed by atoms with Gasteiger partial charge in [0, 0.05) is 5.69 Å². The fourth-order valence-corrected chi connectivity index (χ4v) is 1.61. The maximum absolute atomic E-state index is 13.5. The van der Waals surface area contributed by atoms with Crippen LogP contribution in [0, 0.1) is 5.82 Å². The lowest BCUT2D eigenvalue weighted by atomic mass is 10.0. The zero-order valence-corrected chi connectivity index (χ0v) is 10.8. The molecule has 0 spiro atoms. The topological polar surface area (TPSA) is 75.9 Å². The lowest BCUT2D eigenvalue weighted by molar-refractivity contribution is 0.619. The van der Waals surface area contributed by atoms with Crippen molar-refractivity contribution in [3.63, 3.8) is 0 Å². The van der Waals surface area contributed by atoms with Crippen LogP contribution in [0.25, 0.3) is 0 Å². The Labute approximate surface area is 111 Å². The SMILES string of the molecule is CC(C)c1ccc(Nc2nc(NN)ncc2F)cc1. The van der Waals surface area contributed by atoms with E-state index in [1.54, 1.807) is 0 Å². The van der Waals surface area contributed by atoms with Crippen LogP contribution in [-0.2, 0) is 0 Å². The fraction of sp³-hybridized carbons (Fsp3) is 0.231. The largest absolute Gasteiger partial charge is 0.338 e. The molecular weight excluding hydrogens is 245 g/mol. The van der Waals surface area contributed by atoms with Crippen LogP contribution in [0.4, 0.5) is 21.8 Å². The summed E-state index contributed by atoms with van der Waals surface area (Å²) in [5.74, 6) is 5.35. The molecule has 100 valence electrons. The van der Waals surface area contributed by atoms with Crippen molar-refractivity contribution in [1.29, 1.82) is 0 Å². The molecular formula is C13H16FN5. The monoisotopic (exact) mass is 261 g/mol. The van der Waals surface area contributed by atoms with Gasteiger partial charge in [0.15, 0.2) is 11.6 Å². The Morgan fingerprint density at radius 2 is 1.89 bits per heavy atom. The van der Waals surface area contributed by atoms with Crippen LogP contribution in [0.15, 0.2) is 30.5 Å². The summed E-state index contributed by atoms with van der Waals surface area (Å²) in [6, 6.07) is 7.75. The molecule has 0 fully saturated rings. The number of hydrogen-bond acceptors (Lipinski definition) is 5. The molecule has 1 heterocycles. The van der Waals surface area contributed by atoms with Crippen molar-refractivity contribution in [2.75, 3.05) is 10.7 Å². The van der Waals surface area contributed by atoms with Crippen molar-refractivity contribution >= 4 is 17.5 Å². The molecule has 0 atom stereocenters. The van der Waals surface area contributed by atoms with Gasteiger partial charge in [-0.1, -0.05) is 26.0 Å². The molecule has 0 saturated heterocycles. The number of nitrogens with zero attached hydrogens (tertiary/aromatic N) is 2. The zero-order chi connectivity index (χ0) is 13.8. The summed E-state index contributed by atoms with van der Waals surface area (Å²) in [6.07, 6.45) is 1.06. The molecule has 0 unspecified atom stereocenters. The van der Waals surface area contributed by atoms with E-state index < -0.39 is 5.82 Å². The number of anilines is 3. The number of hydrogen-bond donors (Lipinski definition) is 3. The maximum atomic E-state index is 13.5. The highest BCUT2D eigenvalue weighted by molar-refractivity contribution is 5.57. The molecule has 0 radical (unpaired) electrons. The first-order chi connectivity index (χ1) is 9.10. The smallest absolute Gasteiger partial charge is 0.239 e.